The maximum Gasteiger partial charge on any atom is 0.112 e. The fraction of sp³-hybridized carbons (Fsp3) is 0.812. The van der Waals surface area contributed by atoms with Crippen molar-refractivity contribution in [1.82, 2.24) is 9.97 Å². The maximum absolute atomic E-state index is 4.98. The minimum absolute atomic E-state index is 0.321. The molecule has 1 aromatic heterocycles. The van der Waals surface area contributed by atoms with Crippen LogP contribution in [0.1, 0.15) is 70.1 Å². The molecule has 1 saturated carbocycles. The number of H-pyrrole nitrogens is 1. The van der Waals surface area contributed by atoms with Gasteiger partial charge in [0.15, 0.2) is 0 Å². The number of rotatable bonds is 1. The van der Waals surface area contributed by atoms with Gasteiger partial charge in [-0.1, -0.05) is 40.0 Å². The molecule has 0 aliphatic heterocycles. The van der Waals surface area contributed by atoms with Crippen molar-refractivity contribution in [1.29, 1.82) is 0 Å². The Kier molecular flexibility index (Phi) is 2.99. The highest BCUT2D eigenvalue weighted by Crippen LogP contribution is 2.39. The molecule has 0 saturated heterocycles. The van der Waals surface area contributed by atoms with E-state index in [9.17, 15) is 0 Å². The van der Waals surface area contributed by atoms with Crippen LogP contribution in [0.15, 0.2) is 0 Å². The Balaban J connectivity index is 1.89. The normalized spacial score (nSPS) is 31.1. The van der Waals surface area contributed by atoms with E-state index in [0.29, 0.717) is 5.41 Å². The third kappa shape index (κ3) is 2.00. The second-order valence-corrected chi connectivity index (χ2v) is 6.99. The Morgan fingerprint density at radius 1 is 1.06 bits per heavy atom. The fourth-order valence-electron chi connectivity index (χ4n) is 3.67. The van der Waals surface area contributed by atoms with Crippen LogP contribution in [0.3, 0.4) is 0 Å². The molecule has 0 amide bonds. The van der Waals surface area contributed by atoms with Crippen LogP contribution in [-0.4, -0.2) is 9.97 Å². The molecule has 0 bridgehead atoms. The molecule has 0 spiro atoms. The molecule has 1 N–H and O–H groups in total. The van der Waals surface area contributed by atoms with Gasteiger partial charge in [0.1, 0.15) is 5.82 Å². The number of nitrogens with zero attached hydrogens (tertiary/aromatic N) is 1. The number of imidazole rings is 1. The zero-order valence-corrected chi connectivity index (χ0v) is 12.1. The van der Waals surface area contributed by atoms with E-state index in [1.54, 1.807) is 0 Å². The average molecular weight is 246 g/mol. The zero-order chi connectivity index (χ0) is 12.8. The molecule has 3 rings (SSSR count). The van der Waals surface area contributed by atoms with E-state index < -0.39 is 0 Å². The molecule has 100 valence electrons. The minimum atomic E-state index is 0.321. The van der Waals surface area contributed by atoms with E-state index in [4.69, 9.17) is 4.98 Å². The maximum atomic E-state index is 4.98. The van der Waals surface area contributed by atoms with Crippen LogP contribution in [0.5, 0.6) is 0 Å². The number of aromatic amines is 1. The summed E-state index contributed by atoms with van der Waals surface area (Å²) in [4.78, 5) is 8.66. The summed E-state index contributed by atoms with van der Waals surface area (Å²) in [6.45, 7) is 7.14. The van der Waals surface area contributed by atoms with Gasteiger partial charge in [-0.05, 0) is 37.5 Å². The van der Waals surface area contributed by atoms with E-state index in [1.807, 2.05) is 0 Å². The number of hydrogen-bond donors (Lipinski definition) is 1. The summed E-state index contributed by atoms with van der Waals surface area (Å²) in [6, 6.07) is 0. The van der Waals surface area contributed by atoms with Gasteiger partial charge >= 0.3 is 0 Å². The zero-order valence-electron chi connectivity index (χ0n) is 12.1. The van der Waals surface area contributed by atoms with Gasteiger partial charge in [-0.25, -0.2) is 4.98 Å². The van der Waals surface area contributed by atoms with E-state index in [1.165, 1.54) is 62.2 Å². The molecular formula is C16H26N2. The molecule has 0 aromatic carbocycles. The molecule has 2 aliphatic rings. The Morgan fingerprint density at radius 2 is 1.72 bits per heavy atom. The summed E-state index contributed by atoms with van der Waals surface area (Å²) in [5.74, 6) is 2.87. The van der Waals surface area contributed by atoms with Crippen molar-refractivity contribution in [2.45, 2.75) is 71.1 Å². The van der Waals surface area contributed by atoms with Gasteiger partial charge in [0, 0.05) is 11.1 Å². The first-order valence-corrected chi connectivity index (χ1v) is 7.67. The van der Waals surface area contributed by atoms with Crippen LogP contribution in [0.25, 0.3) is 0 Å². The lowest BCUT2D eigenvalue weighted by molar-refractivity contribution is 0.305. The second-order valence-electron chi connectivity index (χ2n) is 6.99. The van der Waals surface area contributed by atoms with Crippen molar-refractivity contribution in [3.05, 3.63) is 17.2 Å². The van der Waals surface area contributed by atoms with Gasteiger partial charge in [0.2, 0.25) is 0 Å². The van der Waals surface area contributed by atoms with Crippen LogP contribution in [-0.2, 0) is 18.3 Å². The summed E-state index contributed by atoms with van der Waals surface area (Å²) >= 11 is 0. The Morgan fingerprint density at radius 3 is 2.44 bits per heavy atom. The van der Waals surface area contributed by atoms with E-state index in [2.05, 4.69) is 25.8 Å². The molecule has 2 heteroatoms. The third-order valence-electron chi connectivity index (χ3n) is 5.41. The van der Waals surface area contributed by atoms with Gasteiger partial charge < -0.3 is 4.98 Å². The van der Waals surface area contributed by atoms with Crippen molar-refractivity contribution in [2.75, 3.05) is 0 Å². The molecule has 2 aliphatic carbocycles. The molecule has 2 unspecified atom stereocenters. The van der Waals surface area contributed by atoms with Crippen molar-refractivity contribution >= 4 is 0 Å². The first-order chi connectivity index (χ1) is 8.58. The van der Waals surface area contributed by atoms with Crippen LogP contribution < -0.4 is 0 Å². The monoisotopic (exact) mass is 246 g/mol. The summed E-state index contributed by atoms with van der Waals surface area (Å²) in [7, 11) is 0. The highest BCUT2D eigenvalue weighted by molar-refractivity contribution is 5.23. The molecule has 1 aromatic rings. The fourth-order valence-corrected chi connectivity index (χ4v) is 3.67. The number of hydrogen-bond acceptors (Lipinski definition) is 1. The van der Waals surface area contributed by atoms with E-state index in [0.717, 1.165) is 11.8 Å². The molecule has 2 nitrogen and oxygen atoms in total. The van der Waals surface area contributed by atoms with Gasteiger partial charge in [0.05, 0.1) is 5.69 Å². The highest BCUT2D eigenvalue weighted by Gasteiger charge is 2.34. The number of fused-ring (bicyclic) bond motifs is 1. The third-order valence-corrected chi connectivity index (χ3v) is 5.41. The summed E-state index contributed by atoms with van der Waals surface area (Å²) in [5.41, 5.74) is 3.12. The van der Waals surface area contributed by atoms with Gasteiger partial charge in [-0.15, -0.1) is 0 Å². The molecule has 18 heavy (non-hydrogen) atoms. The SMILES string of the molecule is CC1Cc2nc(C3(C)CCCCC3)[nH]c2CC1C. The van der Waals surface area contributed by atoms with Crippen molar-refractivity contribution in [3.8, 4) is 0 Å². The molecule has 0 radical (unpaired) electrons. The largest absolute Gasteiger partial charge is 0.345 e. The van der Waals surface area contributed by atoms with Crippen molar-refractivity contribution in [3.63, 3.8) is 0 Å². The van der Waals surface area contributed by atoms with Crippen LogP contribution in [0.2, 0.25) is 0 Å². The highest BCUT2D eigenvalue weighted by atomic mass is 15.0. The lowest BCUT2D eigenvalue weighted by atomic mass is 9.75. The van der Waals surface area contributed by atoms with E-state index >= 15 is 0 Å². The van der Waals surface area contributed by atoms with Crippen molar-refractivity contribution in [2.24, 2.45) is 11.8 Å². The first kappa shape index (κ1) is 12.3. The summed E-state index contributed by atoms with van der Waals surface area (Å²) < 4.78 is 0. The molecule has 1 heterocycles. The molecule has 1 fully saturated rings. The lowest BCUT2D eigenvalue weighted by Crippen LogP contribution is -2.26. The topological polar surface area (TPSA) is 28.7 Å². The smallest absolute Gasteiger partial charge is 0.112 e. The Labute approximate surface area is 111 Å². The summed E-state index contributed by atoms with van der Waals surface area (Å²) in [5, 5.41) is 0. The Hall–Kier alpha value is -0.790. The summed E-state index contributed by atoms with van der Waals surface area (Å²) in [6.07, 6.45) is 9.13. The van der Waals surface area contributed by atoms with Crippen LogP contribution >= 0.6 is 0 Å². The number of nitrogens with one attached hydrogen (secondary N) is 1. The van der Waals surface area contributed by atoms with Gasteiger partial charge in [0.25, 0.3) is 0 Å². The lowest BCUT2D eigenvalue weighted by Gasteiger charge is -2.31. The predicted molar refractivity (Wildman–Crippen MR) is 74.8 cm³/mol. The molecule has 2 atom stereocenters. The first-order valence-electron chi connectivity index (χ1n) is 7.67. The van der Waals surface area contributed by atoms with Gasteiger partial charge in [-0.2, -0.15) is 0 Å². The van der Waals surface area contributed by atoms with Crippen molar-refractivity contribution < 1.29 is 0 Å². The quantitative estimate of drug-likeness (QED) is 0.797. The minimum Gasteiger partial charge on any atom is -0.345 e. The standard InChI is InChI=1S/C16H26N2/c1-11-9-13-14(10-12(11)2)18-15(17-13)16(3)7-5-4-6-8-16/h11-12H,4-10H2,1-3H3,(H,17,18). The van der Waals surface area contributed by atoms with Crippen LogP contribution in [0, 0.1) is 11.8 Å². The predicted octanol–water partition coefficient (Wildman–Crippen LogP) is 4.00. The van der Waals surface area contributed by atoms with Gasteiger partial charge in [-0.3, -0.25) is 0 Å². The van der Waals surface area contributed by atoms with Crippen LogP contribution in [0.4, 0.5) is 0 Å². The number of aromatic nitrogens is 2. The Bertz CT molecular complexity index is 399. The second kappa shape index (κ2) is 4.40. The average Bonchev–Trinajstić information content (AvgIpc) is 2.74. The van der Waals surface area contributed by atoms with E-state index in [-0.39, 0.29) is 0 Å². The molecular weight excluding hydrogens is 220 g/mol.